The first-order valence-corrected chi connectivity index (χ1v) is 9.60. The fourth-order valence-corrected chi connectivity index (χ4v) is 3.37. The first kappa shape index (κ1) is 19.8. The molecule has 3 rings (SSSR count). The normalized spacial score (nSPS) is 16.7. The van der Waals surface area contributed by atoms with Crippen LogP contribution in [0.5, 0.6) is 0 Å². The molecule has 7 nitrogen and oxygen atoms in total. The predicted octanol–water partition coefficient (Wildman–Crippen LogP) is 1.96. The number of aliphatic hydroxyl groups excluding tert-OH is 1. The van der Waals surface area contributed by atoms with E-state index in [0.717, 1.165) is 24.2 Å². The molecule has 0 saturated heterocycles. The van der Waals surface area contributed by atoms with Gasteiger partial charge in [-0.05, 0) is 50.3 Å². The molecule has 2 aliphatic rings. The van der Waals surface area contributed by atoms with Gasteiger partial charge in [0.1, 0.15) is 5.70 Å². The van der Waals surface area contributed by atoms with Crippen molar-refractivity contribution in [3.8, 4) is 0 Å². The molecule has 0 unspecified atom stereocenters. The summed E-state index contributed by atoms with van der Waals surface area (Å²) in [6, 6.07) is 6.78. The number of anilines is 1. The van der Waals surface area contributed by atoms with E-state index in [2.05, 4.69) is 16.7 Å². The summed E-state index contributed by atoms with van der Waals surface area (Å²) in [5.41, 5.74) is 2.55. The summed E-state index contributed by atoms with van der Waals surface area (Å²) in [4.78, 5) is 37.4. The lowest BCUT2D eigenvalue weighted by molar-refractivity contribution is -0.137. The summed E-state index contributed by atoms with van der Waals surface area (Å²) in [7, 11) is 0. The number of hydrogen-bond donors (Lipinski definition) is 3. The van der Waals surface area contributed by atoms with Gasteiger partial charge in [0, 0.05) is 23.9 Å². The van der Waals surface area contributed by atoms with E-state index in [9.17, 15) is 14.4 Å². The van der Waals surface area contributed by atoms with Crippen LogP contribution in [0.3, 0.4) is 0 Å². The average Bonchev–Trinajstić information content (AvgIpc) is 2.96. The highest BCUT2D eigenvalue weighted by molar-refractivity contribution is 6.17. The fourth-order valence-electron chi connectivity index (χ4n) is 3.37. The molecule has 3 amide bonds. The standard InChI is InChI=1S/C21H25N3O4/c25-12-11-24-19(26)14-18(21(24)28)23-17-8-4-7-16(13-17)20(27)22-10-9-15-5-2-1-3-6-15/h4-5,7-8,13-14,23,25H,1-3,6,9-12H2,(H,22,27). The van der Waals surface area contributed by atoms with Crippen LogP contribution in [0.2, 0.25) is 0 Å². The van der Waals surface area contributed by atoms with E-state index in [-0.39, 0.29) is 24.8 Å². The topological polar surface area (TPSA) is 98.7 Å². The van der Waals surface area contributed by atoms with Gasteiger partial charge in [-0.1, -0.05) is 17.7 Å². The number of imide groups is 1. The Kier molecular flexibility index (Phi) is 6.60. The van der Waals surface area contributed by atoms with Gasteiger partial charge in [0.15, 0.2) is 0 Å². The number of nitrogens with one attached hydrogen (secondary N) is 2. The van der Waals surface area contributed by atoms with Gasteiger partial charge in [0.25, 0.3) is 17.7 Å². The number of hydrogen-bond acceptors (Lipinski definition) is 5. The number of amides is 3. The molecular formula is C21H25N3O4. The number of aliphatic hydroxyl groups is 1. The van der Waals surface area contributed by atoms with Gasteiger partial charge in [-0.15, -0.1) is 0 Å². The summed E-state index contributed by atoms with van der Waals surface area (Å²) < 4.78 is 0. The molecule has 3 N–H and O–H groups in total. The van der Waals surface area contributed by atoms with Crippen molar-refractivity contribution < 1.29 is 19.5 Å². The molecule has 1 aromatic rings. The highest BCUT2D eigenvalue weighted by Gasteiger charge is 2.30. The van der Waals surface area contributed by atoms with Gasteiger partial charge in [0.2, 0.25) is 0 Å². The van der Waals surface area contributed by atoms with Crippen molar-refractivity contribution >= 4 is 23.4 Å². The van der Waals surface area contributed by atoms with Crippen LogP contribution in [-0.2, 0) is 9.59 Å². The van der Waals surface area contributed by atoms with Gasteiger partial charge in [-0.2, -0.15) is 0 Å². The Morgan fingerprint density at radius 3 is 2.82 bits per heavy atom. The highest BCUT2D eigenvalue weighted by Crippen LogP contribution is 2.20. The van der Waals surface area contributed by atoms with Crippen molar-refractivity contribution in [2.45, 2.75) is 32.1 Å². The van der Waals surface area contributed by atoms with E-state index in [0.29, 0.717) is 17.8 Å². The quantitative estimate of drug-likeness (QED) is 0.471. The lowest BCUT2D eigenvalue weighted by Gasteiger charge is -2.14. The number of carbonyl (C=O) groups excluding carboxylic acids is 3. The molecule has 0 spiro atoms. The summed E-state index contributed by atoms with van der Waals surface area (Å²) in [5, 5.41) is 14.8. The van der Waals surface area contributed by atoms with Crippen LogP contribution < -0.4 is 10.6 Å². The zero-order valence-corrected chi connectivity index (χ0v) is 15.7. The number of β-amino-alcohol motifs (C(OH)–C–C–N with tert-alkyl or cyclic N) is 1. The van der Waals surface area contributed by atoms with Crippen molar-refractivity contribution in [3.05, 3.63) is 53.3 Å². The van der Waals surface area contributed by atoms with Crippen LogP contribution in [0.4, 0.5) is 5.69 Å². The fraction of sp³-hybridized carbons (Fsp3) is 0.381. The number of allylic oxidation sites excluding steroid dienone is 1. The van der Waals surface area contributed by atoms with Crippen molar-refractivity contribution in [2.75, 3.05) is 25.0 Å². The summed E-state index contributed by atoms with van der Waals surface area (Å²) in [6.07, 6.45) is 9.05. The molecule has 0 bridgehead atoms. The SMILES string of the molecule is O=C(NCCC1=CCCCC1)c1cccc(NC2=CC(=O)N(CCO)C2=O)c1. The lowest BCUT2D eigenvalue weighted by Crippen LogP contribution is -2.34. The maximum atomic E-state index is 12.4. The first-order valence-electron chi connectivity index (χ1n) is 9.60. The molecule has 0 fully saturated rings. The average molecular weight is 383 g/mol. The number of nitrogens with zero attached hydrogens (tertiary/aromatic N) is 1. The maximum Gasteiger partial charge on any atom is 0.277 e. The van der Waals surface area contributed by atoms with E-state index in [1.807, 2.05) is 0 Å². The monoisotopic (exact) mass is 383 g/mol. The second-order valence-electron chi connectivity index (χ2n) is 6.90. The zero-order chi connectivity index (χ0) is 19.9. The minimum atomic E-state index is -0.491. The summed E-state index contributed by atoms with van der Waals surface area (Å²) in [6.45, 7) is 0.264. The molecule has 0 radical (unpaired) electrons. The Bertz CT molecular complexity index is 829. The largest absolute Gasteiger partial charge is 0.395 e. The number of rotatable bonds is 8. The highest BCUT2D eigenvalue weighted by atomic mass is 16.3. The summed E-state index contributed by atoms with van der Waals surface area (Å²) in [5.74, 6) is -1.13. The second kappa shape index (κ2) is 9.32. The van der Waals surface area contributed by atoms with E-state index in [4.69, 9.17) is 5.11 Å². The van der Waals surface area contributed by atoms with E-state index in [1.165, 1.54) is 24.5 Å². The van der Waals surface area contributed by atoms with Crippen LogP contribution in [-0.4, -0.2) is 47.4 Å². The van der Waals surface area contributed by atoms with Gasteiger partial charge < -0.3 is 15.7 Å². The molecule has 7 heteroatoms. The molecular weight excluding hydrogens is 358 g/mol. The van der Waals surface area contributed by atoms with E-state index < -0.39 is 11.8 Å². The van der Waals surface area contributed by atoms with E-state index in [1.54, 1.807) is 24.3 Å². The minimum absolute atomic E-state index is 0.0434. The number of carbonyl (C=O) groups is 3. The molecule has 0 aromatic heterocycles. The van der Waals surface area contributed by atoms with Gasteiger partial charge in [-0.3, -0.25) is 19.3 Å². The third kappa shape index (κ3) is 4.86. The van der Waals surface area contributed by atoms with Crippen LogP contribution in [0.15, 0.2) is 47.7 Å². The Hall–Kier alpha value is -2.93. The third-order valence-electron chi connectivity index (χ3n) is 4.85. The van der Waals surface area contributed by atoms with Crippen LogP contribution >= 0.6 is 0 Å². The Labute approximate surface area is 164 Å². The maximum absolute atomic E-state index is 12.4. The van der Waals surface area contributed by atoms with Gasteiger partial charge in [0.05, 0.1) is 13.2 Å². The van der Waals surface area contributed by atoms with Crippen LogP contribution in [0.1, 0.15) is 42.5 Å². The molecule has 1 aromatic carbocycles. The Morgan fingerprint density at radius 1 is 1.21 bits per heavy atom. The van der Waals surface area contributed by atoms with Crippen molar-refractivity contribution in [3.63, 3.8) is 0 Å². The molecule has 0 atom stereocenters. The molecule has 0 saturated carbocycles. The van der Waals surface area contributed by atoms with Crippen molar-refractivity contribution in [2.24, 2.45) is 0 Å². The summed E-state index contributed by atoms with van der Waals surface area (Å²) >= 11 is 0. The lowest BCUT2D eigenvalue weighted by atomic mass is 9.97. The van der Waals surface area contributed by atoms with Gasteiger partial charge >= 0.3 is 0 Å². The number of benzene rings is 1. The third-order valence-corrected chi connectivity index (χ3v) is 4.85. The molecule has 1 aliphatic heterocycles. The molecule has 148 valence electrons. The first-order chi connectivity index (χ1) is 13.6. The molecule has 1 aliphatic carbocycles. The zero-order valence-electron chi connectivity index (χ0n) is 15.7. The molecule has 1 heterocycles. The predicted molar refractivity (Wildman–Crippen MR) is 105 cm³/mol. The minimum Gasteiger partial charge on any atom is -0.395 e. The molecule has 28 heavy (non-hydrogen) atoms. The van der Waals surface area contributed by atoms with Crippen molar-refractivity contribution in [1.29, 1.82) is 0 Å². The van der Waals surface area contributed by atoms with Crippen LogP contribution in [0, 0.1) is 0 Å². The van der Waals surface area contributed by atoms with Crippen molar-refractivity contribution in [1.82, 2.24) is 10.2 Å². The second-order valence-corrected chi connectivity index (χ2v) is 6.90. The smallest absolute Gasteiger partial charge is 0.277 e. The van der Waals surface area contributed by atoms with E-state index >= 15 is 0 Å². The van der Waals surface area contributed by atoms with Crippen LogP contribution in [0.25, 0.3) is 0 Å². The van der Waals surface area contributed by atoms with Gasteiger partial charge in [-0.25, -0.2) is 0 Å². The Balaban J connectivity index is 1.57. The Morgan fingerprint density at radius 2 is 2.07 bits per heavy atom.